The van der Waals surface area contributed by atoms with Crippen LogP contribution in [0.25, 0.3) is 11.5 Å². The zero-order chi connectivity index (χ0) is 22.9. The van der Waals surface area contributed by atoms with Crippen LogP contribution in [0.15, 0.2) is 49.5 Å². The van der Waals surface area contributed by atoms with Gasteiger partial charge in [0.15, 0.2) is 0 Å². The molecule has 0 unspecified atom stereocenters. The van der Waals surface area contributed by atoms with Crippen LogP contribution in [0.1, 0.15) is 16.9 Å². The van der Waals surface area contributed by atoms with E-state index in [0.29, 0.717) is 30.0 Å². The molecule has 0 radical (unpaired) electrons. The molecule has 1 aliphatic rings. The minimum atomic E-state index is -3.58. The molecule has 1 aromatic carbocycles. The molecule has 3 heterocycles. The fourth-order valence-corrected chi connectivity index (χ4v) is 5.57. The highest BCUT2D eigenvalue weighted by molar-refractivity contribution is 7.99. The van der Waals surface area contributed by atoms with E-state index in [1.54, 1.807) is 36.3 Å². The van der Waals surface area contributed by atoms with Crippen molar-refractivity contribution in [3.8, 4) is 11.5 Å². The molecule has 1 amide bonds. The highest BCUT2D eigenvalue weighted by Gasteiger charge is 2.30. The average Bonchev–Trinajstić information content (AvgIpc) is 3.42. The number of aryl methyl sites for hydroxylation is 3. The van der Waals surface area contributed by atoms with Crippen LogP contribution in [0.5, 0.6) is 0 Å². The van der Waals surface area contributed by atoms with Crippen molar-refractivity contribution in [3.05, 3.63) is 47.4 Å². The number of furan rings is 1. The van der Waals surface area contributed by atoms with Crippen molar-refractivity contribution in [1.29, 1.82) is 0 Å². The highest BCUT2D eigenvalue weighted by atomic mass is 32.2. The standard InChI is InChI=1S/C21H24N4O5S2/c1-14-4-5-17(12-15(14)2)32(27,28)25-9-7-24(8-10-25)19(26)13-31-21-23-22-20(30-21)18-6-11-29-16(18)3/h4-6,11-12H,7-10,13H2,1-3H3. The third-order valence-corrected chi connectivity index (χ3v) is 8.22. The number of carbonyl (C=O) groups excluding carboxylic acids is 1. The molecule has 0 N–H and O–H groups in total. The van der Waals surface area contributed by atoms with Crippen molar-refractivity contribution in [3.63, 3.8) is 0 Å². The minimum Gasteiger partial charge on any atom is -0.469 e. The summed E-state index contributed by atoms with van der Waals surface area (Å²) in [5.41, 5.74) is 2.70. The molecule has 1 saturated heterocycles. The Morgan fingerprint density at radius 1 is 1.06 bits per heavy atom. The summed E-state index contributed by atoms with van der Waals surface area (Å²) < 4.78 is 38.2. The van der Waals surface area contributed by atoms with E-state index in [2.05, 4.69) is 10.2 Å². The summed E-state index contributed by atoms with van der Waals surface area (Å²) in [6.45, 7) is 6.84. The van der Waals surface area contributed by atoms with Gasteiger partial charge in [-0.1, -0.05) is 17.8 Å². The Morgan fingerprint density at radius 3 is 2.47 bits per heavy atom. The topological polar surface area (TPSA) is 110 Å². The van der Waals surface area contributed by atoms with Gasteiger partial charge in [0.25, 0.3) is 11.1 Å². The maximum Gasteiger partial charge on any atom is 0.277 e. The van der Waals surface area contributed by atoms with Crippen LogP contribution in [0.4, 0.5) is 0 Å². The van der Waals surface area contributed by atoms with E-state index < -0.39 is 10.0 Å². The molecule has 0 saturated carbocycles. The molecule has 0 aliphatic carbocycles. The maximum absolute atomic E-state index is 12.9. The van der Waals surface area contributed by atoms with Crippen LogP contribution in [0, 0.1) is 20.8 Å². The van der Waals surface area contributed by atoms with Crippen molar-refractivity contribution in [2.24, 2.45) is 0 Å². The van der Waals surface area contributed by atoms with Gasteiger partial charge in [-0.05, 0) is 50.1 Å². The monoisotopic (exact) mass is 476 g/mol. The Balaban J connectivity index is 1.31. The second-order valence-corrected chi connectivity index (χ2v) is 10.4. The van der Waals surface area contributed by atoms with Gasteiger partial charge >= 0.3 is 0 Å². The Kier molecular flexibility index (Phi) is 6.40. The normalized spacial score (nSPS) is 15.3. The SMILES string of the molecule is Cc1ccc(S(=O)(=O)N2CCN(C(=O)CSc3nnc(-c4ccoc4C)o3)CC2)cc1C. The lowest BCUT2D eigenvalue weighted by atomic mass is 10.1. The van der Waals surface area contributed by atoms with E-state index in [9.17, 15) is 13.2 Å². The Bertz CT molecular complexity index is 1230. The molecule has 1 aliphatic heterocycles. The number of hydrogen-bond acceptors (Lipinski definition) is 8. The number of piperazine rings is 1. The molecule has 0 spiro atoms. The fraction of sp³-hybridized carbons (Fsp3) is 0.381. The molecule has 0 atom stereocenters. The summed E-state index contributed by atoms with van der Waals surface area (Å²) in [5, 5.41) is 8.26. The smallest absolute Gasteiger partial charge is 0.277 e. The van der Waals surface area contributed by atoms with Gasteiger partial charge in [-0.2, -0.15) is 4.31 Å². The summed E-state index contributed by atoms with van der Waals surface area (Å²) in [7, 11) is -3.58. The number of sulfonamides is 1. The lowest BCUT2D eigenvalue weighted by Crippen LogP contribution is -2.50. The first kappa shape index (κ1) is 22.6. The Morgan fingerprint density at radius 2 is 1.81 bits per heavy atom. The van der Waals surface area contributed by atoms with Gasteiger partial charge in [-0.25, -0.2) is 8.42 Å². The fourth-order valence-electron chi connectivity index (χ4n) is 3.40. The van der Waals surface area contributed by atoms with Gasteiger partial charge in [0.2, 0.25) is 15.9 Å². The van der Waals surface area contributed by atoms with Gasteiger partial charge < -0.3 is 13.7 Å². The molecule has 2 aromatic heterocycles. The van der Waals surface area contributed by atoms with Crippen LogP contribution >= 0.6 is 11.8 Å². The first-order chi connectivity index (χ1) is 15.3. The second kappa shape index (κ2) is 9.08. The number of carbonyl (C=O) groups is 1. The largest absolute Gasteiger partial charge is 0.469 e. The zero-order valence-electron chi connectivity index (χ0n) is 18.1. The lowest BCUT2D eigenvalue weighted by molar-refractivity contribution is -0.129. The van der Waals surface area contributed by atoms with Gasteiger partial charge in [-0.15, -0.1) is 10.2 Å². The zero-order valence-corrected chi connectivity index (χ0v) is 19.7. The molecule has 0 bridgehead atoms. The lowest BCUT2D eigenvalue weighted by Gasteiger charge is -2.34. The number of aromatic nitrogens is 2. The van der Waals surface area contributed by atoms with Gasteiger partial charge in [0.05, 0.1) is 22.5 Å². The van der Waals surface area contributed by atoms with Crippen LogP contribution in [-0.4, -0.2) is 65.7 Å². The predicted molar refractivity (Wildman–Crippen MR) is 119 cm³/mol. The molecular formula is C21H24N4O5S2. The Hall–Kier alpha value is -2.63. The summed E-state index contributed by atoms with van der Waals surface area (Å²) >= 11 is 1.16. The number of amides is 1. The van der Waals surface area contributed by atoms with E-state index in [4.69, 9.17) is 8.83 Å². The van der Waals surface area contributed by atoms with Crippen molar-refractivity contribution < 1.29 is 22.0 Å². The van der Waals surface area contributed by atoms with Crippen LogP contribution in [-0.2, 0) is 14.8 Å². The first-order valence-corrected chi connectivity index (χ1v) is 12.5. The third-order valence-electron chi connectivity index (χ3n) is 5.52. The summed E-state index contributed by atoms with van der Waals surface area (Å²) in [6, 6.07) is 6.89. The first-order valence-electron chi connectivity index (χ1n) is 10.1. The molecule has 9 nitrogen and oxygen atoms in total. The van der Waals surface area contributed by atoms with Crippen molar-refractivity contribution >= 4 is 27.7 Å². The van der Waals surface area contributed by atoms with E-state index in [1.807, 2.05) is 19.9 Å². The number of hydrogen-bond donors (Lipinski definition) is 0. The van der Waals surface area contributed by atoms with Crippen molar-refractivity contribution in [1.82, 2.24) is 19.4 Å². The summed E-state index contributed by atoms with van der Waals surface area (Å²) in [6.07, 6.45) is 1.55. The summed E-state index contributed by atoms with van der Waals surface area (Å²) in [5.74, 6) is 1.05. The highest BCUT2D eigenvalue weighted by Crippen LogP contribution is 2.26. The molecule has 11 heteroatoms. The average molecular weight is 477 g/mol. The van der Waals surface area contributed by atoms with Crippen LogP contribution in [0.2, 0.25) is 0 Å². The van der Waals surface area contributed by atoms with Crippen LogP contribution in [0.3, 0.4) is 0 Å². The molecule has 3 aromatic rings. The maximum atomic E-state index is 12.9. The van der Waals surface area contributed by atoms with Gasteiger partial charge in [-0.3, -0.25) is 4.79 Å². The number of nitrogens with zero attached hydrogens (tertiary/aromatic N) is 4. The van der Waals surface area contributed by atoms with Crippen molar-refractivity contribution in [2.45, 2.75) is 30.9 Å². The molecule has 170 valence electrons. The quantitative estimate of drug-likeness (QED) is 0.500. The number of benzene rings is 1. The van der Waals surface area contributed by atoms with Crippen molar-refractivity contribution in [2.75, 3.05) is 31.9 Å². The summed E-state index contributed by atoms with van der Waals surface area (Å²) in [4.78, 5) is 14.6. The van der Waals surface area contributed by atoms with E-state index in [-0.39, 0.29) is 29.6 Å². The van der Waals surface area contributed by atoms with E-state index in [0.717, 1.165) is 28.5 Å². The Labute approximate surface area is 190 Å². The van der Waals surface area contributed by atoms with Gasteiger partial charge in [0, 0.05) is 26.2 Å². The molecule has 32 heavy (non-hydrogen) atoms. The molecule has 4 rings (SSSR count). The van der Waals surface area contributed by atoms with E-state index >= 15 is 0 Å². The van der Waals surface area contributed by atoms with Gasteiger partial charge in [0.1, 0.15) is 5.76 Å². The number of rotatable bonds is 6. The van der Waals surface area contributed by atoms with Crippen LogP contribution < -0.4 is 0 Å². The number of thioether (sulfide) groups is 1. The predicted octanol–water partition coefficient (Wildman–Crippen LogP) is 2.88. The second-order valence-electron chi connectivity index (χ2n) is 7.58. The molecule has 1 fully saturated rings. The third kappa shape index (κ3) is 4.59. The molecular weight excluding hydrogens is 452 g/mol. The minimum absolute atomic E-state index is 0.0996. The van der Waals surface area contributed by atoms with E-state index in [1.165, 1.54) is 4.31 Å².